The van der Waals surface area contributed by atoms with Crippen LogP contribution in [0.15, 0.2) is 27.6 Å². The summed E-state index contributed by atoms with van der Waals surface area (Å²) in [7, 11) is 0. The summed E-state index contributed by atoms with van der Waals surface area (Å²) in [6.45, 7) is 5.94. The minimum Gasteiger partial charge on any atom is -0.465 e. The van der Waals surface area contributed by atoms with Crippen LogP contribution in [-0.2, 0) is 9.53 Å². The predicted molar refractivity (Wildman–Crippen MR) is 66.6 cm³/mol. The van der Waals surface area contributed by atoms with Crippen molar-refractivity contribution in [2.75, 3.05) is 6.61 Å². The van der Waals surface area contributed by atoms with Gasteiger partial charge in [0.15, 0.2) is 0 Å². The van der Waals surface area contributed by atoms with Crippen LogP contribution in [0.3, 0.4) is 0 Å². The lowest BCUT2D eigenvalue weighted by molar-refractivity contribution is -0.138. The molecule has 0 saturated heterocycles. The van der Waals surface area contributed by atoms with E-state index in [0.29, 0.717) is 11.7 Å². The molecule has 18 heavy (non-hydrogen) atoms. The first-order chi connectivity index (χ1) is 8.58. The second-order valence-electron chi connectivity index (χ2n) is 3.88. The van der Waals surface area contributed by atoms with Crippen LogP contribution in [0.2, 0.25) is 0 Å². The summed E-state index contributed by atoms with van der Waals surface area (Å²) >= 11 is 0. The first-order valence-electron chi connectivity index (χ1n) is 5.60. The third-order valence-electron chi connectivity index (χ3n) is 2.22. The number of rotatable bonds is 5. The molecule has 0 fully saturated rings. The number of hydrogen-bond acceptors (Lipinski definition) is 4. The number of nitrogens with zero attached hydrogens (tertiary/aromatic N) is 3. The van der Waals surface area contributed by atoms with Crippen LogP contribution in [0.25, 0.3) is 16.5 Å². The summed E-state index contributed by atoms with van der Waals surface area (Å²) < 4.78 is 10.0. The molecule has 0 saturated carbocycles. The van der Waals surface area contributed by atoms with Gasteiger partial charge in [0.1, 0.15) is 11.5 Å². The van der Waals surface area contributed by atoms with Crippen molar-refractivity contribution in [3.05, 3.63) is 39.8 Å². The number of furan rings is 1. The summed E-state index contributed by atoms with van der Waals surface area (Å²) in [5.41, 5.74) is 9.29. The molecule has 0 amide bonds. The summed E-state index contributed by atoms with van der Waals surface area (Å²) in [4.78, 5) is 14.1. The SMILES string of the molecule is CCOC(=O)C(=Cc1cc(C(C)C)co1)N=[N+]=[N-]. The number of esters is 1. The van der Waals surface area contributed by atoms with Crippen molar-refractivity contribution in [3.8, 4) is 0 Å². The minimum absolute atomic E-state index is 0.121. The summed E-state index contributed by atoms with van der Waals surface area (Å²) in [6.07, 6.45) is 2.97. The van der Waals surface area contributed by atoms with Gasteiger partial charge >= 0.3 is 5.97 Å². The second-order valence-corrected chi connectivity index (χ2v) is 3.88. The van der Waals surface area contributed by atoms with Gasteiger partial charge in [0.25, 0.3) is 0 Å². The third kappa shape index (κ3) is 3.68. The van der Waals surface area contributed by atoms with Crippen LogP contribution in [-0.4, -0.2) is 12.6 Å². The monoisotopic (exact) mass is 249 g/mol. The molecule has 1 aromatic rings. The quantitative estimate of drug-likeness (QED) is 0.262. The number of carbonyl (C=O) groups is 1. The lowest BCUT2D eigenvalue weighted by atomic mass is 10.1. The lowest BCUT2D eigenvalue weighted by Gasteiger charge is -1.99. The predicted octanol–water partition coefficient (Wildman–Crippen LogP) is 3.62. The van der Waals surface area contributed by atoms with Gasteiger partial charge in [-0.15, -0.1) is 0 Å². The van der Waals surface area contributed by atoms with Crippen LogP contribution < -0.4 is 0 Å². The second kappa shape index (κ2) is 6.51. The number of ether oxygens (including phenoxy) is 1. The fraction of sp³-hybridized carbons (Fsp3) is 0.417. The molecule has 96 valence electrons. The van der Waals surface area contributed by atoms with E-state index in [9.17, 15) is 4.79 Å². The Bertz CT molecular complexity index is 496. The summed E-state index contributed by atoms with van der Waals surface area (Å²) in [5, 5.41) is 3.30. The van der Waals surface area contributed by atoms with Gasteiger partial charge in [-0.25, -0.2) is 4.79 Å². The molecule has 0 aliphatic carbocycles. The van der Waals surface area contributed by atoms with Gasteiger partial charge in [0.05, 0.1) is 12.9 Å². The topological polar surface area (TPSA) is 88.2 Å². The molecule has 0 unspecified atom stereocenters. The van der Waals surface area contributed by atoms with Gasteiger partial charge in [-0.3, -0.25) is 0 Å². The average Bonchev–Trinajstić information content (AvgIpc) is 2.77. The van der Waals surface area contributed by atoms with Crippen LogP contribution in [0, 0.1) is 0 Å². The van der Waals surface area contributed by atoms with Gasteiger partial charge in [0.2, 0.25) is 0 Å². The molecule has 0 aromatic carbocycles. The van der Waals surface area contributed by atoms with E-state index < -0.39 is 5.97 Å². The van der Waals surface area contributed by atoms with Crippen molar-refractivity contribution in [2.45, 2.75) is 26.7 Å². The Morgan fingerprint density at radius 1 is 1.67 bits per heavy atom. The Kier molecular flexibility index (Phi) is 5.02. The molecule has 0 N–H and O–H groups in total. The number of hydrogen-bond donors (Lipinski definition) is 0. The molecule has 0 radical (unpaired) electrons. The van der Waals surface area contributed by atoms with Crippen LogP contribution in [0.5, 0.6) is 0 Å². The van der Waals surface area contributed by atoms with Crippen molar-refractivity contribution >= 4 is 12.0 Å². The average molecular weight is 249 g/mol. The van der Waals surface area contributed by atoms with Crippen molar-refractivity contribution in [1.29, 1.82) is 0 Å². The summed E-state index contributed by atoms with van der Waals surface area (Å²) in [6, 6.07) is 1.79. The zero-order valence-electron chi connectivity index (χ0n) is 10.6. The van der Waals surface area contributed by atoms with E-state index >= 15 is 0 Å². The Balaban J connectivity index is 3.00. The lowest BCUT2D eigenvalue weighted by Crippen LogP contribution is -2.05. The molecule has 6 heteroatoms. The highest BCUT2D eigenvalue weighted by atomic mass is 16.5. The van der Waals surface area contributed by atoms with Crippen molar-refractivity contribution < 1.29 is 13.9 Å². The van der Waals surface area contributed by atoms with Crippen molar-refractivity contribution in [2.24, 2.45) is 5.11 Å². The maximum absolute atomic E-state index is 11.5. The molecule has 0 aliphatic heterocycles. The highest BCUT2D eigenvalue weighted by Gasteiger charge is 2.11. The molecular formula is C12H15N3O3. The van der Waals surface area contributed by atoms with Crippen LogP contribution in [0.4, 0.5) is 0 Å². The molecule has 0 aliphatic rings. The maximum Gasteiger partial charge on any atom is 0.340 e. The maximum atomic E-state index is 11.5. The van der Waals surface area contributed by atoms with Gasteiger partial charge in [0, 0.05) is 4.91 Å². The Hall–Kier alpha value is -2.20. The molecule has 0 bridgehead atoms. The normalized spacial score (nSPS) is 11.2. The van der Waals surface area contributed by atoms with E-state index in [4.69, 9.17) is 14.7 Å². The van der Waals surface area contributed by atoms with E-state index in [1.54, 1.807) is 19.3 Å². The van der Waals surface area contributed by atoms with Crippen LogP contribution in [0.1, 0.15) is 38.0 Å². The molecule has 1 rings (SSSR count). The standard InChI is InChI=1S/C12H15N3O3/c1-4-17-12(16)11(14-15-13)6-10-5-9(7-18-10)8(2)3/h5-8H,4H2,1-3H3. The van der Waals surface area contributed by atoms with Crippen molar-refractivity contribution in [3.63, 3.8) is 0 Å². The molecule has 1 heterocycles. The fourth-order valence-electron chi connectivity index (χ4n) is 1.26. The van der Waals surface area contributed by atoms with Gasteiger partial charge in [-0.2, -0.15) is 0 Å². The molecular weight excluding hydrogens is 234 g/mol. The first kappa shape index (κ1) is 13.9. The minimum atomic E-state index is -0.669. The van der Waals surface area contributed by atoms with Crippen LogP contribution >= 0.6 is 0 Å². The zero-order valence-corrected chi connectivity index (χ0v) is 10.6. The zero-order chi connectivity index (χ0) is 13.5. The molecule has 0 atom stereocenters. The Morgan fingerprint density at radius 2 is 2.39 bits per heavy atom. The summed E-state index contributed by atoms with van der Waals surface area (Å²) in [5.74, 6) is 0.105. The Morgan fingerprint density at radius 3 is 2.89 bits per heavy atom. The molecule has 1 aromatic heterocycles. The van der Waals surface area contributed by atoms with Gasteiger partial charge < -0.3 is 9.15 Å². The molecule has 6 nitrogen and oxygen atoms in total. The van der Waals surface area contributed by atoms with E-state index in [-0.39, 0.29) is 12.3 Å². The largest absolute Gasteiger partial charge is 0.465 e. The number of carbonyl (C=O) groups excluding carboxylic acids is 1. The third-order valence-corrected chi connectivity index (χ3v) is 2.22. The van der Waals surface area contributed by atoms with E-state index in [1.165, 1.54) is 6.08 Å². The van der Waals surface area contributed by atoms with Gasteiger partial charge in [-0.1, -0.05) is 19.0 Å². The first-order valence-corrected chi connectivity index (χ1v) is 5.60. The smallest absolute Gasteiger partial charge is 0.340 e. The van der Waals surface area contributed by atoms with Gasteiger partial charge in [-0.05, 0) is 36.1 Å². The number of azide groups is 1. The van der Waals surface area contributed by atoms with E-state index in [2.05, 4.69) is 10.0 Å². The molecule has 0 spiro atoms. The highest BCUT2D eigenvalue weighted by Crippen LogP contribution is 2.20. The highest BCUT2D eigenvalue weighted by molar-refractivity contribution is 5.92. The van der Waals surface area contributed by atoms with Crippen molar-refractivity contribution in [1.82, 2.24) is 0 Å². The van der Waals surface area contributed by atoms with E-state index in [0.717, 1.165) is 5.56 Å². The van der Waals surface area contributed by atoms with E-state index in [1.807, 2.05) is 13.8 Å². The fourth-order valence-corrected chi connectivity index (χ4v) is 1.26. The Labute approximate surface area is 105 Å².